The fourth-order valence-electron chi connectivity index (χ4n) is 1.53. The summed E-state index contributed by atoms with van der Waals surface area (Å²) >= 11 is 5.83. The second kappa shape index (κ2) is 5.81. The molecule has 5 nitrogen and oxygen atoms in total. The lowest BCUT2D eigenvalue weighted by Crippen LogP contribution is -2.14. The molecule has 0 amide bonds. The van der Waals surface area contributed by atoms with Crippen LogP contribution in [0.4, 0.5) is 0 Å². The monoisotopic (exact) mass is 300 g/mol. The second-order valence-electron chi connectivity index (χ2n) is 3.86. The van der Waals surface area contributed by atoms with Gasteiger partial charge in [0, 0.05) is 11.6 Å². The number of benzene rings is 1. The van der Waals surface area contributed by atoms with Crippen molar-refractivity contribution in [1.82, 2.24) is 9.97 Å². The molecule has 2 rings (SSSR count). The Morgan fingerprint density at radius 2 is 2.11 bits per heavy atom. The van der Waals surface area contributed by atoms with Gasteiger partial charge in [-0.3, -0.25) is 4.98 Å². The van der Waals surface area contributed by atoms with Crippen molar-refractivity contribution < 1.29 is 13.2 Å². The van der Waals surface area contributed by atoms with Gasteiger partial charge in [0.25, 0.3) is 0 Å². The predicted octanol–water partition coefficient (Wildman–Crippen LogP) is 2.09. The first-order valence-electron chi connectivity index (χ1n) is 5.76. The van der Waals surface area contributed by atoms with Gasteiger partial charge in [-0.25, -0.2) is 13.4 Å². The lowest BCUT2D eigenvalue weighted by molar-refractivity contribution is 0.163. The fourth-order valence-corrected chi connectivity index (χ4v) is 2.70. The Balaban J connectivity index is 2.32. The molecule has 0 fully saturated rings. The topological polar surface area (TPSA) is 69.2 Å². The summed E-state index contributed by atoms with van der Waals surface area (Å²) in [6.45, 7) is 2.45. The molecule has 1 aromatic carbocycles. The number of hydrogen-bond acceptors (Lipinski definition) is 5. The second-order valence-corrected chi connectivity index (χ2v) is 6.35. The molecule has 2 aromatic rings. The van der Waals surface area contributed by atoms with Gasteiger partial charge in [0.1, 0.15) is 0 Å². The largest absolute Gasteiger partial charge is 0.381 e. The van der Waals surface area contributed by atoms with Crippen molar-refractivity contribution in [3.05, 3.63) is 29.4 Å². The molecule has 0 atom stereocenters. The number of sulfone groups is 1. The zero-order valence-corrected chi connectivity index (χ0v) is 11.9. The summed E-state index contributed by atoms with van der Waals surface area (Å²) in [5.41, 5.74) is 1.07. The van der Waals surface area contributed by atoms with Gasteiger partial charge in [-0.1, -0.05) is 11.6 Å². The minimum absolute atomic E-state index is 0.0398. The van der Waals surface area contributed by atoms with E-state index in [0.717, 1.165) is 0 Å². The van der Waals surface area contributed by atoms with Crippen LogP contribution in [0.15, 0.2) is 29.4 Å². The van der Waals surface area contributed by atoms with E-state index in [0.29, 0.717) is 22.7 Å². The Morgan fingerprint density at radius 3 is 2.84 bits per heavy atom. The maximum Gasteiger partial charge on any atom is 0.199 e. The van der Waals surface area contributed by atoms with E-state index in [2.05, 4.69) is 9.97 Å². The van der Waals surface area contributed by atoms with Crippen LogP contribution in [0.3, 0.4) is 0 Å². The predicted molar refractivity (Wildman–Crippen MR) is 73.1 cm³/mol. The summed E-state index contributed by atoms with van der Waals surface area (Å²) in [5, 5.41) is 0.496. The Hall–Kier alpha value is -1.24. The molecule has 0 N–H and O–H groups in total. The fraction of sp³-hybridized carbons (Fsp3) is 0.333. The van der Waals surface area contributed by atoms with Crippen molar-refractivity contribution >= 4 is 32.5 Å². The highest BCUT2D eigenvalue weighted by atomic mass is 35.5. The lowest BCUT2D eigenvalue weighted by Gasteiger charge is -2.05. The van der Waals surface area contributed by atoms with Crippen LogP contribution in [-0.2, 0) is 14.6 Å². The summed E-state index contributed by atoms with van der Waals surface area (Å²) in [6, 6.07) is 4.93. The molecule has 0 spiro atoms. The standard InChI is InChI=1S/C12H13ClN2O3S/c1-2-18-5-6-19(16,17)12-8-14-11-7-9(13)3-4-10(11)15-12/h3-4,7-8H,2,5-6H2,1H3. The molecule has 0 unspecified atom stereocenters. The van der Waals surface area contributed by atoms with E-state index in [1.807, 2.05) is 6.92 Å². The van der Waals surface area contributed by atoms with Gasteiger partial charge < -0.3 is 4.74 Å². The molecule has 0 saturated carbocycles. The molecule has 0 bridgehead atoms. The maximum absolute atomic E-state index is 12.0. The van der Waals surface area contributed by atoms with Crippen LogP contribution >= 0.6 is 11.6 Å². The van der Waals surface area contributed by atoms with Crippen molar-refractivity contribution in [1.29, 1.82) is 0 Å². The van der Waals surface area contributed by atoms with Gasteiger partial charge in [0.2, 0.25) is 0 Å². The van der Waals surface area contributed by atoms with E-state index in [1.165, 1.54) is 6.20 Å². The first kappa shape index (κ1) is 14.2. The minimum Gasteiger partial charge on any atom is -0.381 e. The highest BCUT2D eigenvalue weighted by Crippen LogP contribution is 2.17. The van der Waals surface area contributed by atoms with Crippen molar-refractivity contribution in [3.63, 3.8) is 0 Å². The van der Waals surface area contributed by atoms with Crippen LogP contribution in [-0.4, -0.2) is 37.4 Å². The van der Waals surface area contributed by atoms with Gasteiger partial charge in [-0.05, 0) is 25.1 Å². The van der Waals surface area contributed by atoms with Crippen LogP contribution < -0.4 is 0 Å². The molecule has 0 saturated heterocycles. The summed E-state index contributed by atoms with van der Waals surface area (Å²) in [4.78, 5) is 8.17. The van der Waals surface area contributed by atoms with Gasteiger partial charge >= 0.3 is 0 Å². The van der Waals surface area contributed by atoms with Gasteiger partial charge in [-0.15, -0.1) is 0 Å². The Kier molecular flexibility index (Phi) is 4.34. The third kappa shape index (κ3) is 3.40. The number of nitrogens with zero attached hydrogens (tertiary/aromatic N) is 2. The molecule has 19 heavy (non-hydrogen) atoms. The third-order valence-electron chi connectivity index (χ3n) is 2.50. The van der Waals surface area contributed by atoms with Crippen LogP contribution in [0, 0.1) is 0 Å². The van der Waals surface area contributed by atoms with E-state index in [1.54, 1.807) is 18.2 Å². The summed E-state index contributed by atoms with van der Waals surface area (Å²) in [7, 11) is -3.47. The SMILES string of the molecule is CCOCCS(=O)(=O)c1cnc2cc(Cl)ccc2n1. The van der Waals surface area contributed by atoms with Crippen LogP contribution in [0.25, 0.3) is 11.0 Å². The number of fused-ring (bicyclic) bond motifs is 1. The molecule has 102 valence electrons. The van der Waals surface area contributed by atoms with Gasteiger partial charge in [0.05, 0.1) is 29.6 Å². The molecule has 0 aliphatic heterocycles. The number of halogens is 1. The molecule has 0 aliphatic rings. The van der Waals surface area contributed by atoms with Crippen molar-refractivity contribution in [2.45, 2.75) is 11.9 Å². The third-order valence-corrected chi connectivity index (χ3v) is 4.27. The molecule has 7 heteroatoms. The van der Waals surface area contributed by atoms with E-state index >= 15 is 0 Å². The summed E-state index contributed by atoms with van der Waals surface area (Å²) in [5.74, 6) is -0.103. The van der Waals surface area contributed by atoms with Gasteiger partial charge in [0.15, 0.2) is 14.9 Å². The molecule has 0 radical (unpaired) electrons. The Labute approximate surface area is 116 Å². The Morgan fingerprint density at radius 1 is 1.32 bits per heavy atom. The smallest absolute Gasteiger partial charge is 0.199 e. The van der Waals surface area contributed by atoms with Crippen LogP contribution in [0.5, 0.6) is 0 Å². The van der Waals surface area contributed by atoms with Crippen molar-refractivity contribution in [3.8, 4) is 0 Å². The maximum atomic E-state index is 12.0. The lowest BCUT2D eigenvalue weighted by atomic mass is 10.3. The minimum atomic E-state index is -3.47. The van der Waals surface area contributed by atoms with Crippen molar-refractivity contribution in [2.75, 3.05) is 19.0 Å². The van der Waals surface area contributed by atoms with Gasteiger partial charge in [-0.2, -0.15) is 0 Å². The van der Waals surface area contributed by atoms with Crippen molar-refractivity contribution in [2.24, 2.45) is 0 Å². The molecule has 1 aromatic heterocycles. The highest BCUT2D eigenvalue weighted by Gasteiger charge is 2.17. The Bertz CT molecular complexity index is 688. The number of aromatic nitrogens is 2. The summed E-state index contributed by atoms with van der Waals surface area (Å²) in [6.07, 6.45) is 1.25. The van der Waals surface area contributed by atoms with E-state index in [-0.39, 0.29) is 17.4 Å². The number of rotatable bonds is 5. The number of hydrogen-bond donors (Lipinski definition) is 0. The molecular weight excluding hydrogens is 288 g/mol. The zero-order valence-electron chi connectivity index (χ0n) is 10.3. The normalized spacial score (nSPS) is 11.9. The average Bonchev–Trinajstić information content (AvgIpc) is 2.38. The number of ether oxygens (including phenoxy) is 1. The molecular formula is C12H13ClN2O3S. The van der Waals surface area contributed by atoms with E-state index in [9.17, 15) is 8.42 Å². The van der Waals surface area contributed by atoms with E-state index in [4.69, 9.17) is 16.3 Å². The van der Waals surface area contributed by atoms with Crippen LogP contribution in [0.1, 0.15) is 6.92 Å². The summed E-state index contributed by atoms with van der Waals surface area (Å²) < 4.78 is 29.1. The first-order valence-corrected chi connectivity index (χ1v) is 7.79. The quantitative estimate of drug-likeness (QED) is 0.791. The molecule has 1 heterocycles. The highest BCUT2D eigenvalue weighted by molar-refractivity contribution is 7.91. The molecule has 0 aliphatic carbocycles. The van der Waals surface area contributed by atoms with E-state index < -0.39 is 9.84 Å². The first-order chi connectivity index (χ1) is 9.03. The van der Waals surface area contributed by atoms with Crippen LogP contribution in [0.2, 0.25) is 5.02 Å². The zero-order chi connectivity index (χ0) is 13.9. The average molecular weight is 301 g/mol.